The number of nitrogens with zero attached hydrogens (tertiary/aromatic N) is 4. The molecule has 3 aliphatic rings. The zero-order valence-corrected chi connectivity index (χ0v) is 24.5. The largest absolute Gasteiger partial charge is 0.459 e. The number of ether oxygens (including phenoxy) is 2. The molecule has 0 aromatic heterocycles. The van der Waals surface area contributed by atoms with Crippen molar-refractivity contribution >= 4 is 24.0 Å². The number of carbonyl (C=O) groups excluding carboxylic acids is 4. The summed E-state index contributed by atoms with van der Waals surface area (Å²) < 4.78 is 11.4. The molecule has 0 spiro atoms. The summed E-state index contributed by atoms with van der Waals surface area (Å²) in [5.74, 6) is -0.746. The molecule has 1 aromatic carbocycles. The van der Waals surface area contributed by atoms with Gasteiger partial charge in [-0.1, -0.05) is 58.0 Å². The van der Waals surface area contributed by atoms with Crippen molar-refractivity contribution in [3.63, 3.8) is 0 Å². The lowest BCUT2D eigenvalue weighted by Crippen LogP contribution is -2.70. The fourth-order valence-electron chi connectivity index (χ4n) is 6.12. The van der Waals surface area contributed by atoms with Crippen LogP contribution in [0.1, 0.15) is 46.1 Å². The molecule has 4 amide bonds. The molecule has 3 fully saturated rings. The van der Waals surface area contributed by atoms with E-state index < -0.39 is 24.0 Å². The molecule has 40 heavy (non-hydrogen) atoms. The summed E-state index contributed by atoms with van der Waals surface area (Å²) in [6, 6.07) is 7.92. The number of amides is 4. The van der Waals surface area contributed by atoms with Crippen LogP contribution in [0.2, 0.25) is 0 Å². The van der Waals surface area contributed by atoms with Crippen molar-refractivity contribution in [2.45, 2.75) is 59.3 Å². The molecule has 0 bridgehead atoms. The average molecular weight is 557 g/mol. The highest BCUT2D eigenvalue weighted by atomic mass is 16.6. The van der Waals surface area contributed by atoms with Gasteiger partial charge in [-0.05, 0) is 49.8 Å². The highest BCUT2D eigenvalue weighted by Gasteiger charge is 2.57. The lowest BCUT2D eigenvalue weighted by Gasteiger charge is -2.47. The molecule has 10 heteroatoms. The highest BCUT2D eigenvalue weighted by Crippen LogP contribution is 2.36. The van der Waals surface area contributed by atoms with Gasteiger partial charge in [-0.15, -0.1) is 0 Å². The van der Waals surface area contributed by atoms with Gasteiger partial charge >= 0.3 is 18.1 Å². The first kappa shape index (κ1) is 29.8. The number of benzene rings is 1. The van der Waals surface area contributed by atoms with Crippen LogP contribution in [0.5, 0.6) is 0 Å². The van der Waals surface area contributed by atoms with Gasteiger partial charge in [0.15, 0.2) is 6.04 Å². The topological polar surface area (TPSA) is 99.7 Å². The van der Waals surface area contributed by atoms with E-state index in [2.05, 4.69) is 4.90 Å². The van der Waals surface area contributed by atoms with Crippen LogP contribution in [0.15, 0.2) is 30.3 Å². The second kappa shape index (κ2) is 13.0. The van der Waals surface area contributed by atoms with E-state index in [-0.39, 0.29) is 49.6 Å². The van der Waals surface area contributed by atoms with Crippen LogP contribution in [0.3, 0.4) is 0 Å². The molecule has 3 heterocycles. The molecule has 1 aromatic rings. The molecule has 10 nitrogen and oxygen atoms in total. The maximum Gasteiger partial charge on any atom is 0.410 e. The minimum Gasteiger partial charge on any atom is -0.459 e. The first-order valence-electron chi connectivity index (χ1n) is 14.5. The molecule has 0 N–H and O–H groups in total. The fourth-order valence-corrected chi connectivity index (χ4v) is 6.12. The van der Waals surface area contributed by atoms with E-state index in [1.807, 2.05) is 65.1 Å². The Morgan fingerprint density at radius 3 is 2.12 bits per heavy atom. The Morgan fingerprint density at radius 1 is 0.925 bits per heavy atom. The van der Waals surface area contributed by atoms with E-state index in [9.17, 15) is 19.2 Å². The lowest BCUT2D eigenvalue weighted by atomic mass is 9.80. The number of esters is 1. The summed E-state index contributed by atoms with van der Waals surface area (Å²) in [6.45, 7) is 11.1. The third-order valence-corrected chi connectivity index (χ3v) is 8.32. The summed E-state index contributed by atoms with van der Waals surface area (Å²) in [5, 5.41) is 0. The molecule has 0 saturated carbocycles. The van der Waals surface area contributed by atoms with Crippen LogP contribution < -0.4 is 0 Å². The molecular weight excluding hydrogens is 512 g/mol. The molecule has 3 saturated heterocycles. The molecule has 4 rings (SSSR count). The van der Waals surface area contributed by atoms with Gasteiger partial charge in [0.25, 0.3) is 0 Å². The summed E-state index contributed by atoms with van der Waals surface area (Å²) in [6.07, 6.45) is 0.950. The van der Waals surface area contributed by atoms with Crippen molar-refractivity contribution < 1.29 is 28.7 Å². The predicted octanol–water partition coefficient (Wildman–Crippen LogP) is 3.45. The summed E-state index contributed by atoms with van der Waals surface area (Å²) in [4.78, 5) is 59.3. The van der Waals surface area contributed by atoms with Gasteiger partial charge in [0, 0.05) is 32.7 Å². The van der Waals surface area contributed by atoms with Crippen molar-refractivity contribution in [3.8, 4) is 0 Å². The number of hydrogen-bond acceptors (Lipinski definition) is 7. The number of rotatable bonds is 8. The second-order valence-corrected chi connectivity index (χ2v) is 12.1. The molecule has 220 valence electrons. The monoisotopic (exact) mass is 556 g/mol. The Morgan fingerprint density at radius 2 is 1.55 bits per heavy atom. The zero-order chi connectivity index (χ0) is 29.0. The first-order valence-corrected chi connectivity index (χ1v) is 14.5. The third kappa shape index (κ3) is 6.77. The van der Waals surface area contributed by atoms with Gasteiger partial charge in [-0.3, -0.25) is 4.79 Å². The van der Waals surface area contributed by atoms with Crippen LogP contribution >= 0.6 is 0 Å². The Bertz CT molecular complexity index is 1050. The van der Waals surface area contributed by atoms with E-state index in [1.165, 1.54) is 0 Å². The van der Waals surface area contributed by atoms with Crippen LogP contribution in [0.4, 0.5) is 9.59 Å². The van der Waals surface area contributed by atoms with Crippen molar-refractivity contribution in [2.75, 3.05) is 46.3 Å². The van der Waals surface area contributed by atoms with Crippen molar-refractivity contribution in [1.82, 2.24) is 19.6 Å². The minimum atomic E-state index is -0.935. The average Bonchev–Trinajstić information content (AvgIpc) is 3.36. The van der Waals surface area contributed by atoms with E-state index >= 15 is 0 Å². The van der Waals surface area contributed by atoms with Crippen molar-refractivity contribution in [2.24, 2.45) is 23.7 Å². The van der Waals surface area contributed by atoms with Crippen molar-refractivity contribution in [1.29, 1.82) is 0 Å². The predicted molar refractivity (Wildman–Crippen MR) is 149 cm³/mol. The van der Waals surface area contributed by atoms with Crippen molar-refractivity contribution in [3.05, 3.63) is 35.9 Å². The second-order valence-electron chi connectivity index (χ2n) is 12.1. The summed E-state index contributed by atoms with van der Waals surface area (Å²) in [5.41, 5.74) is 0.841. The normalized spacial score (nSPS) is 23.6. The molecular formula is C30H44N4O6. The van der Waals surface area contributed by atoms with Gasteiger partial charge < -0.3 is 24.2 Å². The van der Waals surface area contributed by atoms with E-state index in [1.54, 1.807) is 9.80 Å². The molecule has 3 aliphatic heterocycles. The number of likely N-dealkylation sites (tertiary alicyclic amines) is 2. The summed E-state index contributed by atoms with van der Waals surface area (Å²) in [7, 11) is 2.05. The quantitative estimate of drug-likeness (QED) is 0.357. The SMILES string of the molecule is CC(C)C(OC(=O)N1CCN(C(=O)N2C(=O)[C@H](CC3CCN(C)C3)[C@H]2C(=O)OCc2ccccc2)CC1)C(C)C. The van der Waals surface area contributed by atoms with Crippen LogP contribution in [-0.4, -0.2) is 102 Å². The number of urea groups is 1. The van der Waals surface area contributed by atoms with Gasteiger partial charge in [0.1, 0.15) is 12.7 Å². The number of imide groups is 1. The van der Waals surface area contributed by atoms with Gasteiger partial charge in [-0.2, -0.15) is 0 Å². The lowest BCUT2D eigenvalue weighted by molar-refractivity contribution is -0.172. The van der Waals surface area contributed by atoms with Gasteiger partial charge in [0.2, 0.25) is 5.91 Å². The summed E-state index contributed by atoms with van der Waals surface area (Å²) >= 11 is 0. The van der Waals surface area contributed by atoms with E-state index in [4.69, 9.17) is 9.47 Å². The smallest absolute Gasteiger partial charge is 0.410 e. The number of piperazine rings is 1. The third-order valence-electron chi connectivity index (χ3n) is 8.32. The zero-order valence-electron chi connectivity index (χ0n) is 24.5. The highest BCUT2D eigenvalue weighted by molar-refractivity contribution is 6.07. The van der Waals surface area contributed by atoms with E-state index in [0.29, 0.717) is 25.4 Å². The Balaban J connectivity index is 1.38. The Kier molecular flexibility index (Phi) is 9.71. The number of hydrogen-bond donors (Lipinski definition) is 0. The Labute approximate surface area is 237 Å². The van der Waals surface area contributed by atoms with Gasteiger partial charge in [0.05, 0.1) is 5.92 Å². The minimum absolute atomic E-state index is 0.0831. The van der Waals surface area contributed by atoms with Crippen LogP contribution in [-0.2, 0) is 25.7 Å². The molecule has 0 aliphatic carbocycles. The Hall–Kier alpha value is -3.14. The fraction of sp³-hybridized carbons (Fsp3) is 0.667. The maximum absolute atomic E-state index is 13.5. The maximum atomic E-state index is 13.5. The molecule has 3 atom stereocenters. The van der Waals surface area contributed by atoms with Crippen LogP contribution in [0.25, 0.3) is 0 Å². The molecule has 0 radical (unpaired) electrons. The molecule has 1 unspecified atom stereocenters. The standard InChI is InChI=1S/C30H44N4O6/c1-20(2)26(21(3)4)40-30(38)33-15-13-32(14-16-33)29(37)34-25(28(36)39-19-22-9-7-6-8-10-22)24(27(34)35)17-23-11-12-31(5)18-23/h6-10,20-21,23-26H,11-19H2,1-5H3/t23?,24-,25+/m1/s1. The van der Waals surface area contributed by atoms with Crippen LogP contribution in [0, 0.1) is 23.7 Å². The van der Waals surface area contributed by atoms with E-state index in [0.717, 1.165) is 30.0 Å². The number of β-lactam (4-membered cyclic amide) rings is 1. The number of carbonyl (C=O) groups is 4. The van der Waals surface area contributed by atoms with Gasteiger partial charge in [-0.25, -0.2) is 19.3 Å². The first-order chi connectivity index (χ1) is 19.1.